The van der Waals surface area contributed by atoms with Gasteiger partial charge in [-0.05, 0) is 25.1 Å². The van der Waals surface area contributed by atoms with Crippen molar-refractivity contribution in [2.24, 2.45) is 0 Å². The van der Waals surface area contributed by atoms with Crippen LogP contribution in [0.15, 0.2) is 28.5 Å². The van der Waals surface area contributed by atoms with Crippen LogP contribution < -0.4 is 10.5 Å². The van der Waals surface area contributed by atoms with Crippen LogP contribution in [0.25, 0.3) is 0 Å². The van der Waals surface area contributed by atoms with E-state index >= 15 is 0 Å². The summed E-state index contributed by atoms with van der Waals surface area (Å²) in [6.07, 6.45) is 0. The fraction of sp³-hybridized carbons (Fsp3) is 0.167. The Morgan fingerprint density at radius 1 is 1.43 bits per heavy atom. The number of benzene rings is 1. The predicted octanol–water partition coefficient (Wildman–Crippen LogP) is 1.62. The number of anilines is 2. The van der Waals surface area contributed by atoms with Crippen molar-refractivity contribution in [3.05, 3.63) is 34.8 Å². The molecule has 1 heterocycles. The molecule has 0 aliphatic rings. The fourth-order valence-electron chi connectivity index (χ4n) is 1.61. The zero-order chi connectivity index (χ0) is 15.6. The van der Waals surface area contributed by atoms with Gasteiger partial charge in [-0.15, -0.1) is 11.3 Å². The van der Waals surface area contributed by atoms with Gasteiger partial charge in [0.15, 0.2) is 5.13 Å². The summed E-state index contributed by atoms with van der Waals surface area (Å²) in [4.78, 5) is 15.3. The summed E-state index contributed by atoms with van der Waals surface area (Å²) in [5, 5.41) is 1.98. The summed E-state index contributed by atoms with van der Waals surface area (Å²) < 4.78 is 31.4. The van der Waals surface area contributed by atoms with Gasteiger partial charge in [-0.1, -0.05) is 0 Å². The number of carbonyl (C=O) groups excluding carboxylic acids is 1. The molecule has 0 amide bonds. The Labute approximate surface area is 125 Å². The number of nitrogens with zero attached hydrogens (tertiary/aromatic N) is 1. The highest BCUT2D eigenvalue weighted by molar-refractivity contribution is 7.93. The molecule has 2 aromatic rings. The molecular weight excluding hydrogens is 314 g/mol. The van der Waals surface area contributed by atoms with Gasteiger partial charge in [0.2, 0.25) is 0 Å². The molecule has 9 heteroatoms. The largest absolute Gasteiger partial charge is 0.465 e. The highest BCUT2D eigenvalue weighted by Gasteiger charge is 2.20. The number of carbonyl (C=O) groups is 1. The van der Waals surface area contributed by atoms with Gasteiger partial charge in [0.25, 0.3) is 10.0 Å². The van der Waals surface area contributed by atoms with Gasteiger partial charge < -0.3 is 10.5 Å². The minimum Gasteiger partial charge on any atom is -0.465 e. The summed E-state index contributed by atoms with van der Waals surface area (Å²) in [6.45, 7) is 1.76. The number of sulfonamides is 1. The van der Waals surface area contributed by atoms with Crippen molar-refractivity contribution in [1.29, 1.82) is 0 Å². The molecule has 0 saturated carbocycles. The molecule has 1 aromatic heterocycles. The van der Waals surface area contributed by atoms with Crippen molar-refractivity contribution in [3.63, 3.8) is 0 Å². The van der Waals surface area contributed by atoms with E-state index in [1.807, 2.05) is 0 Å². The number of aromatic nitrogens is 1. The van der Waals surface area contributed by atoms with Gasteiger partial charge in [-0.3, -0.25) is 4.72 Å². The zero-order valence-corrected chi connectivity index (χ0v) is 12.9. The van der Waals surface area contributed by atoms with Crippen LogP contribution in [0.3, 0.4) is 0 Å². The fourth-order valence-corrected chi connectivity index (χ4v) is 3.66. The normalized spacial score (nSPS) is 11.1. The zero-order valence-electron chi connectivity index (χ0n) is 11.3. The maximum Gasteiger partial charge on any atom is 0.337 e. The summed E-state index contributed by atoms with van der Waals surface area (Å²) in [5.74, 6) is -0.589. The number of ether oxygens (including phenoxy) is 1. The van der Waals surface area contributed by atoms with Crippen LogP contribution >= 0.6 is 11.3 Å². The molecule has 21 heavy (non-hydrogen) atoms. The first-order valence-electron chi connectivity index (χ1n) is 5.76. The van der Waals surface area contributed by atoms with Gasteiger partial charge in [0, 0.05) is 5.38 Å². The molecule has 3 N–H and O–H groups in total. The lowest BCUT2D eigenvalue weighted by molar-refractivity contribution is 0.0600. The first kappa shape index (κ1) is 15.3. The predicted molar refractivity (Wildman–Crippen MR) is 79.9 cm³/mol. The average Bonchev–Trinajstić information content (AvgIpc) is 2.81. The first-order valence-corrected chi connectivity index (χ1v) is 8.12. The molecule has 0 bridgehead atoms. The van der Waals surface area contributed by atoms with Crippen LogP contribution in [0.2, 0.25) is 0 Å². The molecule has 0 radical (unpaired) electrons. The summed E-state index contributed by atoms with van der Waals surface area (Å²) in [6, 6.07) is 3.85. The second-order valence-electron chi connectivity index (χ2n) is 4.14. The summed E-state index contributed by atoms with van der Waals surface area (Å²) in [5.41, 5.74) is 6.57. The third kappa shape index (κ3) is 3.31. The van der Waals surface area contributed by atoms with Crippen molar-refractivity contribution in [1.82, 2.24) is 4.98 Å². The van der Waals surface area contributed by atoms with E-state index in [9.17, 15) is 13.2 Å². The lowest BCUT2D eigenvalue weighted by Crippen LogP contribution is -2.15. The minimum atomic E-state index is -3.86. The number of hydrogen-bond donors (Lipinski definition) is 2. The maximum atomic E-state index is 12.2. The number of rotatable bonds is 4. The number of nitrogens with two attached hydrogens (primary N) is 1. The van der Waals surface area contributed by atoms with E-state index in [1.165, 1.54) is 36.6 Å². The number of aryl methyl sites for hydroxylation is 1. The van der Waals surface area contributed by atoms with E-state index < -0.39 is 16.0 Å². The monoisotopic (exact) mass is 327 g/mol. The third-order valence-electron chi connectivity index (χ3n) is 2.56. The second-order valence-corrected chi connectivity index (χ2v) is 6.65. The van der Waals surface area contributed by atoms with Gasteiger partial charge in [0.1, 0.15) is 4.90 Å². The van der Waals surface area contributed by atoms with Crippen LogP contribution in [-0.4, -0.2) is 26.5 Å². The molecule has 0 saturated heterocycles. The van der Waals surface area contributed by atoms with Crippen molar-refractivity contribution in [3.8, 4) is 0 Å². The number of hydrogen-bond acceptors (Lipinski definition) is 7. The Kier molecular flexibility index (Phi) is 4.14. The number of nitrogens with one attached hydrogen (secondary N) is 1. The second kappa shape index (κ2) is 5.70. The van der Waals surface area contributed by atoms with Crippen molar-refractivity contribution < 1.29 is 17.9 Å². The highest BCUT2D eigenvalue weighted by atomic mass is 32.2. The van der Waals surface area contributed by atoms with E-state index in [-0.39, 0.29) is 21.3 Å². The number of methoxy groups -OCH3 is 1. The smallest absolute Gasteiger partial charge is 0.337 e. The van der Waals surface area contributed by atoms with E-state index in [0.29, 0.717) is 5.69 Å². The van der Waals surface area contributed by atoms with Crippen LogP contribution in [0.4, 0.5) is 10.8 Å². The molecule has 0 spiro atoms. The molecular formula is C12H13N3O4S2. The van der Waals surface area contributed by atoms with E-state index in [1.54, 1.807) is 12.3 Å². The Morgan fingerprint density at radius 3 is 2.67 bits per heavy atom. The average molecular weight is 327 g/mol. The SMILES string of the molecule is COC(=O)c1ccc(S(=O)(=O)Nc2nc(C)cs2)c(N)c1. The number of thiazole rings is 1. The van der Waals surface area contributed by atoms with Gasteiger partial charge in [-0.2, -0.15) is 0 Å². The quantitative estimate of drug-likeness (QED) is 0.652. The number of esters is 1. The maximum absolute atomic E-state index is 12.2. The first-order chi connectivity index (χ1) is 9.83. The molecule has 0 unspecified atom stereocenters. The summed E-state index contributed by atoms with van der Waals surface area (Å²) >= 11 is 1.17. The van der Waals surface area contributed by atoms with E-state index in [2.05, 4.69) is 14.4 Å². The van der Waals surface area contributed by atoms with Crippen LogP contribution in [-0.2, 0) is 14.8 Å². The van der Waals surface area contributed by atoms with Crippen LogP contribution in [0, 0.1) is 6.92 Å². The highest BCUT2D eigenvalue weighted by Crippen LogP contribution is 2.24. The van der Waals surface area contributed by atoms with Crippen LogP contribution in [0.5, 0.6) is 0 Å². The van der Waals surface area contributed by atoms with Crippen molar-refractivity contribution in [2.45, 2.75) is 11.8 Å². The minimum absolute atomic E-state index is 0.0429. The Hall–Kier alpha value is -2.13. The van der Waals surface area contributed by atoms with Gasteiger partial charge in [-0.25, -0.2) is 18.2 Å². The van der Waals surface area contributed by atoms with Gasteiger partial charge in [0.05, 0.1) is 24.1 Å². The molecule has 112 valence electrons. The lowest BCUT2D eigenvalue weighted by atomic mass is 10.2. The van der Waals surface area contributed by atoms with E-state index in [4.69, 9.17) is 5.73 Å². The molecule has 0 atom stereocenters. The molecule has 0 fully saturated rings. The van der Waals surface area contributed by atoms with Gasteiger partial charge >= 0.3 is 5.97 Å². The summed E-state index contributed by atoms with van der Waals surface area (Å²) in [7, 11) is -2.63. The molecule has 2 rings (SSSR count). The van der Waals surface area contributed by atoms with E-state index in [0.717, 1.165) is 0 Å². The Balaban J connectivity index is 2.34. The number of nitrogen functional groups attached to an aromatic ring is 1. The van der Waals surface area contributed by atoms with Crippen LogP contribution in [0.1, 0.15) is 16.1 Å². The molecule has 7 nitrogen and oxygen atoms in total. The third-order valence-corrected chi connectivity index (χ3v) is 4.98. The molecule has 0 aliphatic heterocycles. The lowest BCUT2D eigenvalue weighted by Gasteiger charge is -2.09. The van der Waals surface area contributed by atoms with Crippen molar-refractivity contribution in [2.75, 3.05) is 17.6 Å². The van der Waals surface area contributed by atoms with Crippen molar-refractivity contribution >= 4 is 38.1 Å². The molecule has 1 aromatic carbocycles. The Morgan fingerprint density at radius 2 is 2.14 bits per heavy atom. The standard InChI is InChI=1S/C12H13N3O4S2/c1-7-6-20-12(14-7)15-21(17,18)10-4-3-8(5-9(10)13)11(16)19-2/h3-6H,13H2,1-2H3,(H,14,15). The Bertz CT molecular complexity index is 784. The topological polar surface area (TPSA) is 111 Å². The molecule has 0 aliphatic carbocycles.